The van der Waals surface area contributed by atoms with E-state index in [4.69, 9.17) is 5.11 Å². The van der Waals surface area contributed by atoms with Crippen LogP contribution in [0.25, 0.3) is 0 Å². The normalized spacial score (nSPS) is 20.5. The number of carbonyl (C=O) groups is 1. The predicted octanol–water partition coefficient (Wildman–Crippen LogP) is 2.57. The second kappa shape index (κ2) is 7.50. The van der Waals surface area contributed by atoms with Gasteiger partial charge < -0.3 is 15.2 Å². The summed E-state index contributed by atoms with van der Waals surface area (Å²) < 4.78 is 39.9. The van der Waals surface area contributed by atoms with Gasteiger partial charge in [0.1, 0.15) is 5.75 Å². The van der Waals surface area contributed by atoms with Gasteiger partial charge in [-0.3, -0.25) is 4.79 Å². The van der Waals surface area contributed by atoms with Crippen molar-refractivity contribution in [2.75, 3.05) is 6.61 Å². The fourth-order valence-electron chi connectivity index (χ4n) is 2.41. The van der Waals surface area contributed by atoms with Crippen molar-refractivity contribution in [2.24, 2.45) is 5.92 Å². The molecule has 0 heterocycles. The van der Waals surface area contributed by atoms with Gasteiger partial charge in [-0.15, -0.1) is 13.2 Å². The van der Waals surface area contributed by atoms with E-state index in [-0.39, 0.29) is 36.6 Å². The van der Waals surface area contributed by atoms with E-state index in [2.05, 4.69) is 10.1 Å². The molecule has 4 nitrogen and oxygen atoms in total. The minimum Gasteiger partial charge on any atom is -0.406 e. The predicted molar refractivity (Wildman–Crippen MR) is 77.7 cm³/mol. The third-order valence-corrected chi connectivity index (χ3v) is 3.55. The lowest BCUT2D eigenvalue weighted by molar-refractivity contribution is -0.274. The molecule has 2 N–H and O–H groups in total. The molecule has 0 fully saturated rings. The van der Waals surface area contributed by atoms with Gasteiger partial charge in [0.15, 0.2) is 0 Å². The lowest BCUT2D eigenvalue weighted by Gasteiger charge is -2.13. The van der Waals surface area contributed by atoms with Crippen molar-refractivity contribution in [3.8, 4) is 5.75 Å². The van der Waals surface area contributed by atoms with Crippen molar-refractivity contribution in [2.45, 2.75) is 31.7 Å². The molecule has 23 heavy (non-hydrogen) atoms. The van der Waals surface area contributed by atoms with Crippen LogP contribution in [0.2, 0.25) is 0 Å². The Labute approximate surface area is 132 Å². The van der Waals surface area contributed by atoms with Gasteiger partial charge in [-0.25, -0.2) is 0 Å². The second-order valence-electron chi connectivity index (χ2n) is 5.43. The van der Waals surface area contributed by atoms with E-state index in [1.54, 1.807) is 0 Å². The molecule has 0 saturated carbocycles. The van der Waals surface area contributed by atoms with Gasteiger partial charge in [0, 0.05) is 25.0 Å². The van der Waals surface area contributed by atoms with E-state index in [1.807, 2.05) is 12.2 Å². The number of nitrogens with one attached hydrogen (secondary N) is 1. The third-order valence-electron chi connectivity index (χ3n) is 3.55. The maximum absolute atomic E-state index is 12.0. The van der Waals surface area contributed by atoms with E-state index in [0.717, 1.165) is 5.56 Å². The topological polar surface area (TPSA) is 58.6 Å². The molecule has 126 valence electrons. The van der Waals surface area contributed by atoms with Crippen molar-refractivity contribution in [1.29, 1.82) is 0 Å². The van der Waals surface area contributed by atoms with Crippen molar-refractivity contribution < 1.29 is 27.8 Å². The molecule has 0 radical (unpaired) electrons. The molecule has 7 heteroatoms. The molecule has 0 aromatic heterocycles. The number of aryl methyl sites for hydroxylation is 1. The third kappa shape index (κ3) is 5.94. The highest BCUT2D eigenvalue weighted by molar-refractivity contribution is 5.76. The first-order valence-corrected chi connectivity index (χ1v) is 7.29. The summed E-state index contributed by atoms with van der Waals surface area (Å²) in [5.74, 6) is -0.327. The Morgan fingerprint density at radius 1 is 1.26 bits per heavy atom. The van der Waals surface area contributed by atoms with E-state index >= 15 is 0 Å². The number of ether oxygens (including phenoxy) is 1. The number of halogens is 3. The Hall–Kier alpha value is -2.02. The number of hydrogen-bond acceptors (Lipinski definition) is 3. The van der Waals surface area contributed by atoms with Gasteiger partial charge >= 0.3 is 6.36 Å². The zero-order chi connectivity index (χ0) is 16.9. The van der Waals surface area contributed by atoms with Gasteiger partial charge in [0.25, 0.3) is 0 Å². The van der Waals surface area contributed by atoms with Crippen LogP contribution in [0.15, 0.2) is 36.4 Å². The molecule has 0 unspecified atom stereocenters. The summed E-state index contributed by atoms with van der Waals surface area (Å²) in [6.45, 7) is 0.0647. The monoisotopic (exact) mass is 329 g/mol. The van der Waals surface area contributed by atoms with Crippen LogP contribution in [0, 0.1) is 5.92 Å². The second-order valence-corrected chi connectivity index (χ2v) is 5.43. The Bertz CT molecular complexity index is 555. The van der Waals surface area contributed by atoms with Crippen molar-refractivity contribution >= 4 is 5.91 Å². The van der Waals surface area contributed by atoms with E-state index in [0.29, 0.717) is 12.8 Å². The summed E-state index contributed by atoms with van der Waals surface area (Å²) in [5.41, 5.74) is 0.755. The maximum atomic E-state index is 12.0. The number of benzene rings is 1. The van der Waals surface area contributed by atoms with E-state index < -0.39 is 6.36 Å². The molecule has 1 aromatic carbocycles. The lowest BCUT2D eigenvalue weighted by atomic mass is 10.1. The van der Waals surface area contributed by atoms with Gasteiger partial charge in [-0.05, 0) is 30.5 Å². The van der Waals surface area contributed by atoms with Crippen LogP contribution in [0.5, 0.6) is 5.75 Å². The smallest absolute Gasteiger partial charge is 0.406 e. The summed E-state index contributed by atoms with van der Waals surface area (Å²) in [5, 5.41) is 11.9. The number of aliphatic hydroxyl groups excluding tert-OH is 1. The molecular formula is C16H18F3NO3. The molecule has 0 saturated heterocycles. The van der Waals surface area contributed by atoms with Crippen LogP contribution < -0.4 is 10.1 Å². The Balaban J connectivity index is 1.75. The van der Waals surface area contributed by atoms with E-state index in [9.17, 15) is 18.0 Å². The minimum absolute atomic E-state index is 0.0647. The van der Waals surface area contributed by atoms with Crippen LogP contribution in [-0.2, 0) is 11.2 Å². The average molecular weight is 329 g/mol. The number of rotatable bonds is 6. The van der Waals surface area contributed by atoms with Crippen molar-refractivity contribution in [1.82, 2.24) is 5.32 Å². The molecule has 1 amide bonds. The fourth-order valence-corrected chi connectivity index (χ4v) is 2.41. The molecule has 1 aliphatic carbocycles. The molecule has 1 aromatic rings. The largest absolute Gasteiger partial charge is 0.573 e. The van der Waals surface area contributed by atoms with Crippen LogP contribution in [0.1, 0.15) is 18.4 Å². The number of aliphatic hydroxyl groups is 1. The first-order chi connectivity index (χ1) is 10.9. The lowest BCUT2D eigenvalue weighted by Crippen LogP contribution is -2.33. The van der Waals surface area contributed by atoms with Crippen molar-refractivity contribution in [3.63, 3.8) is 0 Å². The highest BCUT2D eigenvalue weighted by Crippen LogP contribution is 2.23. The first kappa shape index (κ1) is 17.3. The Morgan fingerprint density at radius 2 is 1.96 bits per heavy atom. The van der Waals surface area contributed by atoms with Gasteiger partial charge in [0.05, 0.1) is 0 Å². The summed E-state index contributed by atoms with van der Waals surface area (Å²) in [4.78, 5) is 11.8. The molecule has 0 aliphatic heterocycles. The summed E-state index contributed by atoms with van der Waals surface area (Å²) >= 11 is 0. The van der Waals surface area contributed by atoms with E-state index in [1.165, 1.54) is 24.3 Å². The standard InChI is InChI=1S/C16H18F3NO3/c17-16(18,19)23-14-6-2-11(3-7-14)4-8-15(22)20-13-5-1-12(9-13)10-21/h1-3,5-7,12-13,21H,4,8-10H2,(H,20,22)/t12-,13+/m0/s1. The van der Waals surface area contributed by atoms with Gasteiger partial charge in [-0.2, -0.15) is 0 Å². The SMILES string of the molecule is O=C(CCc1ccc(OC(F)(F)F)cc1)N[C@@H]1C=C[C@H](CO)C1. The van der Waals surface area contributed by atoms with Crippen LogP contribution in [-0.4, -0.2) is 30.0 Å². The molecule has 0 spiro atoms. The number of hydrogen-bond donors (Lipinski definition) is 2. The molecule has 2 atom stereocenters. The molecule has 1 aliphatic rings. The Morgan fingerprint density at radius 3 is 2.52 bits per heavy atom. The average Bonchev–Trinajstić information content (AvgIpc) is 2.92. The van der Waals surface area contributed by atoms with Crippen LogP contribution >= 0.6 is 0 Å². The van der Waals surface area contributed by atoms with Crippen LogP contribution in [0.3, 0.4) is 0 Å². The molecule has 0 bridgehead atoms. The molecule has 2 rings (SSSR count). The number of amides is 1. The highest BCUT2D eigenvalue weighted by Gasteiger charge is 2.30. The summed E-state index contributed by atoms with van der Waals surface area (Å²) in [6, 6.07) is 5.40. The fraction of sp³-hybridized carbons (Fsp3) is 0.438. The number of alkyl halides is 3. The van der Waals surface area contributed by atoms with Gasteiger partial charge in [-0.1, -0.05) is 24.3 Å². The summed E-state index contributed by atoms with van der Waals surface area (Å²) in [6.07, 6.45) is 0.395. The summed E-state index contributed by atoms with van der Waals surface area (Å²) in [7, 11) is 0. The zero-order valence-corrected chi connectivity index (χ0v) is 12.3. The Kier molecular flexibility index (Phi) is 5.65. The highest BCUT2D eigenvalue weighted by atomic mass is 19.4. The first-order valence-electron chi connectivity index (χ1n) is 7.29. The van der Waals surface area contributed by atoms with Crippen LogP contribution in [0.4, 0.5) is 13.2 Å². The molecular weight excluding hydrogens is 311 g/mol. The minimum atomic E-state index is -4.71. The zero-order valence-electron chi connectivity index (χ0n) is 12.3. The van der Waals surface area contributed by atoms with Crippen molar-refractivity contribution in [3.05, 3.63) is 42.0 Å². The maximum Gasteiger partial charge on any atom is 0.573 e. The van der Waals surface area contributed by atoms with Gasteiger partial charge in [0.2, 0.25) is 5.91 Å². The quantitative estimate of drug-likeness (QED) is 0.789. The number of carbonyl (C=O) groups excluding carboxylic acids is 1.